The molecule has 0 amide bonds. The molecule has 1 aromatic rings. The Morgan fingerprint density at radius 1 is 1.25 bits per heavy atom. The van der Waals surface area contributed by atoms with Gasteiger partial charge in [-0.3, -0.25) is 4.79 Å². The molecule has 16 heavy (non-hydrogen) atoms. The molecule has 0 spiro atoms. The minimum absolute atomic E-state index is 0.0246. The van der Waals surface area contributed by atoms with E-state index in [9.17, 15) is 19.8 Å². The molecule has 0 aliphatic rings. The number of aliphatic hydroxyl groups is 2. The molecular formula is C9H10O6S. The zero-order chi connectivity index (χ0) is 12.3. The van der Waals surface area contributed by atoms with E-state index in [0.29, 0.717) is 0 Å². The molecule has 1 aromatic heterocycles. The predicted molar refractivity (Wildman–Crippen MR) is 54.5 cm³/mol. The second-order valence-corrected chi connectivity index (χ2v) is 4.23. The predicted octanol–water partition coefficient (Wildman–Crippen LogP) is 0.315. The minimum atomic E-state index is -1.45. The van der Waals surface area contributed by atoms with Crippen molar-refractivity contribution in [2.45, 2.75) is 18.6 Å². The van der Waals surface area contributed by atoms with E-state index in [-0.39, 0.29) is 9.75 Å². The van der Waals surface area contributed by atoms with Crippen molar-refractivity contribution in [2.75, 3.05) is 0 Å². The summed E-state index contributed by atoms with van der Waals surface area (Å²) < 4.78 is 0. The molecule has 2 unspecified atom stereocenters. The highest BCUT2D eigenvalue weighted by Crippen LogP contribution is 2.26. The van der Waals surface area contributed by atoms with Gasteiger partial charge in [0.15, 0.2) is 0 Å². The molecule has 4 N–H and O–H groups in total. The van der Waals surface area contributed by atoms with Gasteiger partial charge in [0.2, 0.25) is 0 Å². The Hall–Kier alpha value is -1.44. The highest BCUT2D eigenvalue weighted by atomic mass is 32.1. The first-order valence-electron chi connectivity index (χ1n) is 4.32. The maximum atomic E-state index is 10.6. The number of aliphatic hydroxyl groups excluding tert-OH is 2. The summed E-state index contributed by atoms with van der Waals surface area (Å²) in [5.74, 6) is -2.36. The van der Waals surface area contributed by atoms with Crippen molar-refractivity contribution in [1.82, 2.24) is 0 Å². The fourth-order valence-electron chi connectivity index (χ4n) is 1.11. The zero-order valence-corrected chi connectivity index (χ0v) is 8.85. The van der Waals surface area contributed by atoms with E-state index in [1.807, 2.05) is 0 Å². The maximum Gasteiger partial charge on any atom is 0.345 e. The number of thiophene rings is 1. The van der Waals surface area contributed by atoms with Crippen LogP contribution in [0.2, 0.25) is 0 Å². The van der Waals surface area contributed by atoms with Crippen LogP contribution in [0.5, 0.6) is 0 Å². The van der Waals surface area contributed by atoms with Gasteiger partial charge in [-0.05, 0) is 12.1 Å². The first kappa shape index (κ1) is 12.6. The van der Waals surface area contributed by atoms with Crippen LogP contribution < -0.4 is 0 Å². The number of carboxylic acid groups (broad SMARTS) is 2. The Balaban J connectivity index is 2.75. The van der Waals surface area contributed by atoms with Gasteiger partial charge >= 0.3 is 11.9 Å². The van der Waals surface area contributed by atoms with Crippen LogP contribution in [0.15, 0.2) is 12.1 Å². The topological polar surface area (TPSA) is 115 Å². The Morgan fingerprint density at radius 3 is 2.31 bits per heavy atom. The average molecular weight is 246 g/mol. The standard InChI is InChI=1S/C9H10O6S/c10-4(3-7(11)12)8(13)5-1-2-6(16-5)9(14)15/h1-2,4,8,10,13H,3H2,(H,11,12)(H,14,15). The van der Waals surface area contributed by atoms with Crippen molar-refractivity contribution < 1.29 is 30.0 Å². The van der Waals surface area contributed by atoms with Gasteiger partial charge in [0.1, 0.15) is 11.0 Å². The quantitative estimate of drug-likeness (QED) is 0.594. The third-order valence-corrected chi connectivity index (χ3v) is 3.02. The van der Waals surface area contributed by atoms with Crippen LogP contribution in [0.25, 0.3) is 0 Å². The van der Waals surface area contributed by atoms with Crippen molar-refractivity contribution in [3.05, 3.63) is 21.9 Å². The van der Waals surface area contributed by atoms with Crippen molar-refractivity contribution >= 4 is 23.3 Å². The summed E-state index contributed by atoms with van der Waals surface area (Å²) in [6.07, 6.45) is -3.42. The van der Waals surface area contributed by atoms with E-state index in [1.54, 1.807) is 0 Å². The van der Waals surface area contributed by atoms with Crippen LogP contribution in [0.3, 0.4) is 0 Å². The second-order valence-electron chi connectivity index (χ2n) is 3.12. The molecule has 1 rings (SSSR count). The van der Waals surface area contributed by atoms with Crippen molar-refractivity contribution in [3.63, 3.8) is 0 Å². The summed E-state index contributed by atoms with van der Waals surface area (Å²) in [5.41, 5.74) is 0. The van der Waals surface area contributed by atoms with E-state index < -0.39 is 30.6 Å². The molecule has 2 atom stereocenters. The van der Waals surface area contributed by atoms with Gasteiger partial charge in [-0.2, -0.15) is 0 Å². The van der Waals surface area contributed by atoms with Crippen LogP contribution in [0.1, 0.15) is 27.1 Å². The molecule has 1 heterocycles. The lowest BCUT2D eigenvalue weighted by atomic mass is 10.1. The third-order valence-electron chi connectivity index (χ3n) is 1.88. The molecule has 0 aliphatic heterocycles. The van der Waals surface area contributed by atoms with Crippen molar-refractivity contribution in [3.8, 4) is 0 Å². The second kappa shape index (κ2) is 5.06. The van der Waals surface area contributed by atoms with Crippen LogP contribution in [-0.2, 0) is 4.79 Å². The fourth-order valence-corrected chi connectivity index (χ4v) is 2.00. The van der Waals surface area contributed by atoms with E-state index in [4.69, 9.17) is 10.2 Å². The molecule has 0 aromatic carbocycles. The lowest BCUT2D eigenvalue weighted by molar-refractivity contribution is -0.141. The van der Waals surface area contributed by atoms with Crippen molar-refractivity contribution in [2.24, 2.45) is 0 Å². The largest absolute Gasteiger partial charge is 0.481 e. The molecule has 0 saturated carbocycles. The van der Waals surface area contributed by atoms with Gasteiger partial charge in [-0.1, -0.05) is 0 Å². The normalized spacial score (nSPS) is 14.4. The molecule has 0 radical (unpaired) electrons. The third kappa shape index (κ3) is 3.02. The maximum absolute atomic E-state index is 10.6. The summed E-state index contributed by atoms with van der Waals surface area (Å²) in [6.45, 7) is 0. The molecule has 88 valence electrons. The van der Waals surface area contributed by atoms with Gasteiger partial charge in [0.25, 0.3) is 0 Å². The SMILES string of the molecule is O=C(O)CC(O)C(O)c1ccc(C(=O)O)s1. The average Bonchev–Trinajstić information content (AvgIpc) is 2.64. The van der Waals surface area contributed by atoms with Gasteiger partial charge < -0.3 is 20.4 Å². The lowest BCUT2D eigenvalue weighted by Gasteiger charge is -2.13. The van der Waals surface area contributed by atoms with Crippen LogP contribution in [-0.4, -0.2) is 38.5 Å². The highest BCUT2D eigenvalue weighted by Gasteiger charge is 2.23. The number of hydrogen-bond donors (Lipinski definition) is 4. The monoisotopic (exact) mass is 246 g/mol. The molecular weight excluding hydrogens is 236 g/mol. The molecule has 0 fully saturated rings. The van der Waals surface area contributed by atoms with Crippen LogP contribution >= 0.6 is 11.3 Å². The van der Waals surface area contributed by atoms with Crippen LogP contribution in [0, 0.1) is 0 Å². The number of hydrogen-bond acceptors (Lipinski definition) is 5. The summed E-state index contributed by atoms with van der Waals surface area (Å²) in [6, 6.07) is 2.64. The van der Waals surface area contributed by atoms with E-state index >= 15 is 0 Å². The Morgan fingerprint density at radius 2 is 1.88 bits per heavy atom. The van der Waals surface area contributed by atoms with Gasteiger partial charge in [-0.15, -0.1) is 11.3 Å². The van der Waals surface area contributed by atoms with E-state index in [0.717, 1.165) is 11.3 Å². The first-order valence-corrected chi connectivity index (χ1v) is 5.14. The zero-order valence-electron chi connectivity index (χ0n) is 8.03. The summed E-state index contributed by atoms with van der Waals surface area (Å²) in [4.78, 5) is 21.1. The number of carboxylic acids is 2. The summed E-state index contributed by atoms with van der Waals surface area (Å²) in [5, 5.41) is 35.9. The molecule has 0 bridgehead atoms. The number of aliphatic carboxylic acids is 1. The Labute approximate surface area is 94.4 Å². The lowest BCUT2D eigenvalue weighted by Crippen LogP contribution is -2.20. The van der Waals surface area contributed by atoms with Crippen molar-refractivity contribution in [1.29, 1.82) is 0 Å². The smallest absolute Gasteiger partial charge is 0.345 e. The molecule has 6 nitrogen and oxygen atoms in total. The summed E-state index contributed by atoms with van der Waals surface area (Å²) >= 11 is 0.802. The summed E-state index contributed by atoms with van der Waals surface area (Å²) in [7, 11) is 0. The van der Waals surface area contributed by atoms with E-state index in [1.165, 1.54) is 12.1 Å². The molecule has 7 heteroatoms. The number of carbonyl (C=O) groups is 2. The van der Waals surface area contributed by atoms with Gasteiger partial charge in [-0.25, -0.2) is 4.79 Å². The molecule has 0 aliphatic carbocycles. The highest BCUT2D eigenvalue weighted by molar-refractivity contribution is 7.14. The molecule has 0 saturated heterocycles. The first-order chi connectivity index (χ1) is 7.41. The van der Waals surface area contributed by atoms with Gasteiger partial charge in [0, 0.05) is 4.88 Å². The Bertz CT molecular complexity index is 398. The number of rotatable bonds is 5. The fraction of sp³-hybridized carbons (Fsp3) is 0.333. The minimum Gasteiger partial charge on any atom is -0.481 e. The Kier molecular flexibility index (Phi) is 3.99. The van der Waals surface area contributed by atoms with Crippen LogP contribution in [0.4, 0.5) is 0 Å². The van der Waals surface area contributed by atoms with E-state index in [2.05, 4.69) is 0 Å². The van der Waals surface area contributed by atoms with Gasteiger partial charge in [0.05, 0.1) is 12.5 Å². The number of aromatic carboxylic acids is 1.